The van der Waals surface area contributed by atoms with Crippen LogP contribution in [0.5, 0.6) is 0 Å². The molecule has 1 fully saturated rings. The zero-order valence-electron chi connectivity index (χ0n) is 21.8. The van der Waals surface area contributed by atoms with Gasteiger partial charge in [0.2, 0.25) is 0 Å². The highest BCUT2D eigenvalue weighted by molar-refractivity contribution is 6.62. The summed E-state index contributed by atoms with van der Waals surface area (Å²) in [5, 5.41) is 7.76. The van der Waals surface area contributed by atoms with Crippen molar-refractivity contribution in [2.45, 2.75) is 58.2 Å². The molecule has 0 N–H and O–H groups in total. The highest BCUT2D eigenvalue weighted by Crippen LogP contribution is 2.50. The predicted molar refractivity (Wildman–Crippen MR) is 150 cm³/mol. The molecule has 36 heavy (non-hydrogen) atoms. The number of fused-ring (bicyclic) bond motifs is 9. The fraction of sp³-hybridized carbons (Fsp3) is 0.281. The van der Waals surface area contributed by atoms with E-state index in [1.54, 1.807) is 0 Å². The first-order chi connectivity index (χ1) is 17.1. The van der Waals surface area contributed by atoms with Gasteiger partial charge >= 0.3 is 7.12 Å². The highest BCUT2D eigenvalue weighted by Gasteiger charge is 2.52. The summed E-state index contributed by atoms with van der Waals surface area (Å²) >= 11 is 0. The van der Waals surface area contributed by atoms with E-state index in [9.17, 15) is 0 Å². The number of rotatable bonds is 1. The topological polar surface area (TPSA) is 31.4 Å². The lowest BCUT2D eigenvalue weighted by atomic mass is 9.76. The van der Waals surface area contributed by atoms with Crippen molar-refractivity contribution >= 4 is 44.9 Å². The van der Waals surface area contributed by atoms with Gasteiger partial charge in [-0.3, -0.25) is 4.98 Å². The molecule has 0 amide bonds. The third-order valence-corrected chi connectivity index (χ3v) is 8.92. The van der Waals surface area contributed by atoms with Crippen LogP contribution in [0.15, 0.2) is 72.9 Å². The Morgan fingerprint density at radius 3 is 1.67 bits per heavy atom. The van der Waals surface area contributed by atoms with Crippen molar-refractivity contribution in [1.82, 2.24) is 4.98 Å². The highest BCUT2D eigenvalue weighted by atomic mass is 16.7. The minimum Gasteiger partial charge on any atom is -0.399 e. The summed E-state index contributed by atoms with van der Waals surface area (Å²) in [7, 11) is -0.417. The fourth-order valence-electron chi connectivity index (χ4n) is 6.09. The molecule has 7 rings (SSSR count). The summed E-state index contributed by atoms with van der Waals surface area (Å²) in [5.74, 6) is 0. The van der Waals surface area contributed by atoms with Crippen molar-refractivity contribution < 1.29 is 9.31 Å². The van der Waals surface area contributed by atoms with Crippen molar-refractivity contribution in [2.24, 2.45) is 0 Å². The SMILES string of the molecule is CC1(C)c2cc3c4ccccc4c4ccccc4c3cc2-c2ncc(B3OC(C)(C)C(C)(C)O3)cc21. The van der Waals surface area contributed by atoms with Crippen LogP contribution in [-0.2, 0) is 14.7 Å². The van der Waals surface area contributed by atoms with Gasteiger partial charge in [0.15, 0.2) is 0 Å². The second kappa shape index (κ2) is 6.97. The van der Waals surface area contributed by atoms with Crippen LogP contribution in [0.1, 0.15) is 52.7 Å². The number of aromatic nitrogens is 1. The quantitative estimate of drug-likeness (QED) is 0.192. The number of pyridine rings is 1. The van der Waals surface area contributed by atoms with E-state index < -0.39 is 7.12 Å². The van der Waals surface area contributed by atoms with Gasteiger partial charge in [0.25, 0.3) is 0 Å². The Morgan fingerprint density at radius 1 is 0.611 bits per heavy atom. The van der Waals surface area contributed by atoms with Crippen molar-refractivity contribution in [3.8, 4) is 11.3 Å². The molecule has 0 spiro atoms. The fourth-order valence-corrected chi connectivity index (χ4v) is 6.09. The summed E-state index contributed by atoms with van der Waals surface area (Å²) in [4.78, 5) is 5.03. The van der Waals surface area contributed by atoms with Crippen LogP contribution >= 0.6 is 0 Å². The third-order valence-electron chi connectivity index (χ3n) is 8.92. The van der Waals surface area contributed by atoms with Gasteiger partial charge in [-0.1, -0.05) is 68.4 Å². The molecule has 0 unspecified atom stereocenters. The van der Waals surface area contributed by atoms with E-state index in [2.05, 4.69) is 108 Å². The molecule has 0 bridgehead atoms. The lowest BCUT2D eigenvalue weighted by Gasteiger charge is -2.32. The second-order valence-corrected chi connectivity index (χ2v) is 11.9. The Kier molecular flexibility index (Phi) is 4.26. The van der Waals surface area contributed by atoms with Crippen molar-refractivity contribution in [3.05, 3.63) is 84.1 Å². The van der Waals surface area contributed by atoms with Gasteiger partial charge in [-0.05, 0) is 83.3 Å². The van der Waals surface area contributed by atoms with Crippen molar-refractivity contribution in [1.29, 1.82) is 0 Å². The smallest absolute Gasteiger partial charge is 0.399 e. The van der Waals surface area contributed by atoms with Crippen LogP contribution in [0.2, 0.25) is 0 Å². The molecule has 4 heteroatoms. The largest absolute Gasteiger partial charge is 0.496 e. The first-order valence-electron chi connectivity index (χ1n) is 12.8. The van der Waals surface area contributed by atoms with Gasteiger partial charge in [-0.25, -0.2) is 0 Å². The van der Waals surface area contributed by atoms with Crippen LogP contribution in [0.3, 0.4) is 0 Å². The second-order valence-electron chi connectivity index (χ2n) is 11.9. The Labute approximate surface area is 212 Å². The maximum atomic E-state index is 6.35. The first-order valence-corrected chi connectivity index (χ1v) is 12.8. The maximum Gasteiger partial charge on any atom is 0.496 e. The van der Waals surface area contributed by atoms with E-state index in [-0.39, 0.29) is 16.6 Å². The molecule has 178 valence electrons. The zero-order chi connectivity index (χ0) is 25.0. The minimum absolute atomic E-state index is 0.182. The van der Waals surface area contributed by atoms with Crippen molar-refractivity contribution in [3.63, 3.8) is 0 Å². The van der Waals surface area contributed by atoms with Gasteiger partial charge in [0, 0.05) is 22.6 Å². The molecule has 0 atom stereocenters. The van der Waals surface area contributed by atoms with E-state index in [4.69, 9.17) is 14.3 Å². The summed E-state index contributed by atoms with van der Waals surface area (Å²) in [6.45, 7) is 13.0. The van der Waals surface area contributed by atoms with Gasteiger partial charge in [-0.15, -0.1) is 0 Å². The lowest BCUT2D eigenvalue weighted by molar-refractivity contribution is 0.00578. The standard InChI is InChI=1S/C32H30BNO2/c1-30(2)27-17-25-23-14-10-8-12-21(23)20-11-7-9-13-22(20)24(25)16-26(27)29-28(30)15-19(18-34-29)33-35-31(3,4)32(5,6)36-33/h7-18H,1-6H3. The van der Waals surface area contributed by atoms with E-state index >= 15 is 0 Å². The molecule has 1 aliphatic carbocycles. The molecule has 0 radical (unpaired) electrons. The van der Waals surface area contributed by atoms with Crippen molar-refractivity contribution in [2.75, 3.05) is 0 Å². The Balaban J connectivity index is 1.46. The van der Waals surface area contributed by atoms with Gasteiger partial charge in [0.05, 0.1) is 16.9 Å². The maximum absolute atomic E-state index is 6.35. The molecule has 1 aliphatic heterocycles. The summed E-state index contributed by atoms with van der Waals surface area (Å²) in [6, 6.07) is 24.5. The first kappa shape index (κ1) is 22.0. The molecular weight excluding hydrogens is 441 g/mol. The van der Waals surface area contributed by atoms with E-state index in [1.165, 1.54) is 49.0 Å². The molecule has 1 aromatic heterocycles. The average molecular weight is 471 g/mol. The van der Waals surface area contributed by atoms with Crippen LogP contribution in [0.4, 0.5) is 0 Å². The molecule has 5 aromatic rings. The minimum atomic E-state index is -0.417. The van der Waals surface area contributed by atoms with Crippen LogP contribution in [0, 0.1) is 0 Å². The van der Waals surface area contributed by atoms with Crippen LogP contribution < -0.4 is 5.46 Å². The average Bonchev–Trinajstić information content (AvgIpc) is 3.22. The van der Waals surface area contributed by atoms with Gasteiger partial charge in [0.1, 0.15) is 0 Å². The predicted octanol–water partition coefficient (Wildman–Crippen LogP) is 7.15. The molecular formula is C32H30BNO2. The Morgan fingerprint density at radius 2 is 1.11 bits per heavy atom. The monoisotopic (exact) mass is 471 g/mol. The molecule has 4 aromatic carbocycles. The van der Waals surface area contributed by atoms with Crippen LogP contribution in [0.25, 0.3) is 43.6 Å². The zero-order valence-corrected chi connectivity index (χ0v) is 21.8. The van der Waals surface area contributed by atoms with E-state index in [0.29, 0.717) is 0 Å². The normalized spacial score (nSPS) is 19.2. The molecule has 2 heterocycles. The Hall–Kier alpha value is -3.21. The third kappa shape index (κ3) is 2.80. The molecule has 1 saturated heterocycles. The van der Waals surface area contributed by atoms with E-state index in [1.807, 2.05) is 6.20 Å². The Bertz CT molecular complexity index is 1720. The van der Waals surface area contributed by atoms with E-state index in [0.717, 1.165) is 11.2 Å². The summed E-state index contributed by atoms with van der Waals surface area (Å²) < 4.78 is 12.7. The number of hydrogen-bond acceptors (Lipinski definition) is 3. The number of nitrogens with zero attached hydrogens (tertiary/aromatic N) is 1. The molecule has 2 aliphatic rings. The van der Waals surface area contributed by atoms with Gasteiger partial charge < -0.3 is 9.31 Å². The van der Waals surface area contributed by atoms with Gasteiger partial charge in [-0.2, -0.15) is 0 Å². The number of benzene rings is 4. The molecule has 0 saturated carbocycles. The summed E-state index contributed by atoms with van der Waals surface area (Å²) in [6.07, 6.45) is 1.94. The number of hydrogen-bond donors (Lipinski definition) is 0. The lowest BCUT2D eigenvalue weighted by Crippen LogP contribution is -2.41. The summed E-state index contributed by atoms with van der Waals surface area (Å²) in [5.41, 5.74) is 4.88. The van der Waals surface area contributed by atoms with Crippen LogP contribution in [-0.4, -0.2) is 23.3 Å². The molecule has 3 nitrogen and oxygen atoms in total.